The molecule has 2 N–H and O–H groups in total. The van der Waals surface area contributed by atoms with Crippen LogP contribution >= 0.6 is 0 Å². The van der Waals surface area contributed by atoms with E-state index in [0.29, 0.717) is 5.76 Å². The molecule has 1 aliphatic heterocycles. The molecule has 2 heterocycles. The summed E-state index contributed by atoms with van der Waals surface area (Å²) in [6.07, 6.45) is 22.5. The molecule has 1 aromatic rings. The average molecular weight is 451 g/mol. The van der Waals surface area contributed by atoms with E-state index < -0.39 is 6.10 Å². The highest BCUT2D eigenvalue weighted by molar-refractivity contribution is 5.32. The van der Waals surface area contributed by atoms with Gasteiger partial charge in [-0.1, -0.05) is 90.4 Å². The highest BCUT2D eigenvalue weighted by Gasteiger charge is 2.25. The fraction of sp³-hybridized carbons (Fsp3) is 0.731. The number of aliphatic hydroxyl groups excluding tert-OH is 1. The van der Waals surface area contributed by atoms with Gasteiger partial charge in [0.15, 0.2) is 6.10 Å². The standard InChI is InChI=1S/C25H44N2O2.CH2O2/c1-3-4-5-6-7-8-9-10-11-12-13-14-15-16-19-27-21-23(26(2)22-27)25(28)24-18-17-20-29-24;2-1-3/h17-18,20-21,25,28H,3-16,19,22H2,1-2H3;1H,(H,2,3). The van der Waals surface area contributed by atoms with Crippen LogP contribution in [0.3, 0.4) is 0 Å². The van der Waals surface area contributed by atoms with Gasteiger partial charge >= 0.3 is 0 Å². The first-order valence-electron chi connectivity index (χ1n) is 12.6. The summed E-state index contributed by atoms with van der Waals surface area (Å²) in [6, 6.07) is 3.65. The van der Waals surface area contributed by atoms with Crippen LogP contribution in [0.1, 0.15) is 109 Å². The Hall–Kier alpha value is -1.95. The lowest BCUT2D eigenvalue weighted by atomic mass is 10.0. The lowest BCUT2D eigenvalue weighted by Gasteiger charge is -2.20. The van der Waals surface area contributed by atoms with Crippen LogP contribution in [0.15, 0.2) is 34.7 Å². The minimum Gasteiger partial charge on any atom is -0.483 e. The molecule has 1 aromatic heterocycles. The number of carboxylic acid groups (broad SMARTS) is 1. The molecule has 32 heavy (non-hydrogen) atoms. The maximum Gasteiger partial charge on any atom is 0.290 e. The summed E-state index contributed by atoms with van der Waals surface area (Å²) in [6.45, 7) is 3.95. The molecule has 0 spiro atoms. The number of hydrogen-bond donors (Lipinski definition) is 2. The molecule has 1 aliphatic rings. The number of unbranched alkanes of at least 4 members (excludes halogenated alkanes) is 13. The lowest BCUT2D eigenvalue weighted by Crippen LogP contribution is -2.25. The topological polar surface area (TPSA) is 77.2 Å². The first kappa shape index (κ1) is 28.1. The molecule has 0 radical (unpaired) electrons. The van der Waals surface area contributed by atoms with Crippen LogP contribution in [0, 0.1) is 0 Å². The number of carbonyl (C=O) groups is 1. The van der Waals surface area contributed by atoms with Crippen molar-refractivity contribution in [3.05, 3.63) is 36.1 Å². The second-order valence-electron chi connectivity index (χ2n) is 8.83. The summed E-state index contributed by atoms with van der Waals surface area (Å²) >= 11 is 0. The summed E-state index contributed by atoms with van der Waals surface area (Å²) in [5.41, 5.74) is 0.922. The summed E-state index contributed by atoms with van der Waals surface area (Å²) in [5.74, 6) is 0.612. The molecule has 1 unspecified atom stereocenters. The Morgan fingerprint density at radius 1 is 0.969 bits per heavy atom. The zero-order chi connectivity index (χ0) is 23.4. The van der Waals surface area contributed by atoms with Crippen LogP contribution < -0.4 is 0 Å². The third-order valence-corrected chi connectivity index (χ3v) is 6.04. The summed E-state index contributed by atoms with van der Waals surface area (Å²) < 4.78 is 5.34. The second kappa shape index (κ2) is 18.6. The van der Waals surface area contributed by atoms with E-state index in [1.54, 1.807) is 6.26 Å². The predicted molar refractivity (Wildman–Crippen MR) is 130 cm³/mol. The third-order valence-electron chi connectivity index (χ3n) is 6.04. The molecule has 0 saturated heterocycles. The van der Waals surface area contributed by atoms with E-state index in [1.807, 2.05) is 19.2 Å². The van der Waals surface area contributed by atoms with Gasteiger partial charge in [-0.05, 0) is 18.6 Å². The van der Waals surface area contributed by atoms with E-state index in [4.69, 9.17) is 14.3 Å². The quantitative estimate of drug-likeness (QED) is 0.207. The van der Waals surface area contributed by atoms with Crippen molar-refractivity contribution in [1.29, 1.82) is 0 Å². The third kappa shape index (κ3) is 12.2. The zero-order valence-corrected chi connectivity index (χ0v) is 20.4. The molecule has 0 saturated carbocycles. The Balaban J connectivity index is 0.00000161. The van der Waals surface area contributed by atoms with E-state index in [0.717, 1.165) is 18.9 Å². The fourth-order valence-corrected chi connectivity index (χ4v) is 4.20. The van der Waals surface area contributed by atoms with Crippen LogP contribution in [-0.4, -0.2) is 46.7 Å². The number of aliphatic hydroxyl groups is 1. The maximum atomic E-state index is 10.5. The number of furan rings is 1. The molecule has 0 fully saturated rings. The van der Waals surface area contributed by atoms with E-state index in [-0.39, 0.29) is 6.47 Å². The van der Waals surface area contributed by atoms with Gasteiger partial charge < -0.3 is 24.4 Å². The highest BCUT2D eigenvalue weighted by Crippen LogP contribution is 2.28. The summed E-state index contributed by atoms with van der Waals surface area (Å²) in [5, 5.41) is 17.4. The van der Waals surface area contributed by atoms with Gasteiger partial charge in [-0.15, -0.1) is 0 Å². The van der Waals surface area contributed by atoms with Crippen molar-refractivity contribution in [2.45, 2.75) is 103 Å². The molecule has 6 nitrogen and oxygen atoms in total. The van der Waals surface area contributed by atoms with Crippen molar-refractivity contribution in [1.82, 2.24) is 9.80 Å². The van der Waals surface area contributed by atoms with Crippen LogP contribution in [0.5, 0.6) is 0 Å². The molecule has 0 aliphatic carbocycles. The van der Waals surface area contributed by atoms with E-state index in [2.05, 4.69) is 22.9 Å². The van der Waals surface area contributed by atoms with Crippen molar-refractivity contribution in [2.24, 2.45) is 0 Å². The SMILES string of the molecule is CCCCCCCCCCCCCCCCN1C=C(C(O)c2ccco2)N(C)C1.O=CO. The van der Waals surface area contributed by atoms with Crippen LogP contribution in [0.25, 0.3) is 0 Å². The monoisotopic (exact) mass is 450 g/mol. The summed E-state index contributed by atoms with van der Waals surface area (Å²) in [7, 11) is 2.03. The number of likely N-dealkylation sites (N-methyl/N-ethyl adjacent to an activating group) is 1. The van der Waals surface area contributed by atoms with E-state index in [1.165, 1.54) is 89.9 Å². The molecule has 0 aromatic carbocycles. The van der Waals surface area contributed by atoms with Crippen LogP contribution in [-0.2, 0) is 4.79 Å². The Labute approximate surface area is 195 Å². The van der Waals surface area contributed by atoms with Gasteiger partial charge in [0.2, 0.25) is 0 Å². The van der Waals surface area contributed by atoms with Gasteiger partial charge in [0, 0.05) is 19.8 Å². The van der Waals surface area contributed by atoms with Crippen molar-refractivity contribution in [3.8, 4) is 0 Å². The zero-order valence-electron chi connectivity index (χ0n) is 20.4. The molecule has 1 atom stereocenters. The highest BCUT2D eigenvalue weighted by atomic mass is 16.4. The first-order chi connectivity index (χ1) is 15.6. The fourth-order valence-electron chi connectivity index (χ4n) is 4.20. The van der Waals surface area contributed by atoms with Gasteiger partial charge in [-0.2, -0.15) is 0 Å². The van der Waals surface area contributed by atoms with Gasteiger partial charge in [-0.25, -0.2) is 0 Å². The normalized spacial score (nSPS) is 14.2. The van der Waals surface area contributed by atoms with E-state index >= 15 is 0 Å². The van der Waals surface area contributed by atoms with Gasteiger partial charge in [-0.3, -0.25) is 4.79 Å². The second-order valence-corrected chi connectivity index (χ2v) is 8.83. The Kier molecular flexibility index (Phi) is 16.3. The predicted octanol–water partition coefficient (Wildman–Crippen LogP) is 6.54. The maximum absolute atomic E-state index is 10.5. The minimum absolute atomic E-state index is 0.250. The first-order valence-corrected chi connectivity index (χ1v) is 12.6. The Bertz CT molecular complexity index is 589. The molecule has 184 valence electrons. The molecule has 2 rings (SSSR count). The minimum atomic E-state index is -0.670. The number of nitrogens with zero attached hydrogens (tertiary/aromatic N) is 2. The van der Waals surface area contributed by atoms with E-state index in [9.17, 15) is 5.11 Å². The van der Waals surface area contributed by atoms with Crippen molar-refractivity contribution in [2.75, 3.05) is 20.3 Å². The van der Waals surface area contributed by atoms with Crippen LogP contribution in [0.4, 0.5) is 0 Å². The molecular formula is C26H46N2O4. The smallest absolute Gasteiger partial charge is 0.290 e. The summed E-state index contributed by atoms with van der Waals surface area (Å²) in [4.78, 5) is 12.8. The van der Waals surface area contributed by atoms with Gasteiger partial charge in [0.05, 0.1) is 18.6 Å². The van der Waals surface area contributed by atoms with Crippen molar-refractivity contribution < 1.29 is 19.4 Å². The van der Waals surface area contributed by atoms with Crippen molar-refractivity contribution in [3.63, 3.8) is 0 Å². The molecule has 0 amide bonds. The largest absolute Gasteiger partial charge is 0.483 e. The van der Waals surface area contributed by atoms with Gasteiger partial charge in [0.1, 0.15) is 5.76 Å². The number of rotatable bonds is 17. The molecular weight excluding hydrogens is 404 g/mol. The molecule has 6 heteroatoms. The Morgan fingerprint density at radius 2 is 1.47 bits per heavy atom. The van der Waals surface area contributed by atoms with Crippen LogP contribution in [0.2, 0.25) is 0 Å². The number of hydrogen-bond acceptors (Lipinski definition) is 5. The molecule has 0 bridgehead atoms. The van der Waals surface area contributed by atoms with Gasteiger partial charge in [0.25, 0.3) is 6.47 Å². The Morgan fingerprint density at radius 3 is 1.94 bits per heavy atom. The lowest BCUT2D eigenvalue weighted by molar-refractivity contribution is -0.122. The average Bonchev–Trinajstić information content (AvgIpc) is 3.44. The van der Waals surface area contributed by atoms with Crippen molar-refractivity contribution >= 4 is 6.47 Å².